The summed E-state index contributed by atoms with van der Waals surface area (Å²) in [5.41, 5.74) is 1.35. The fraction of sp³-hybridized carbons (Fsp3) is 0.333. The van der Waals surface area contributed by atoms with Crippen molar-refractivity contribution >= 4 is 31.9 Å². The Morgan fingerprint density at radius 2 is 2.07 bits per heavy atom. The molecule has 0 aromatic heterocycles. The highest BCUT2D eigenvalue weighted by Crippen LogP contribution is 2.24. The van der Waals surface area contributed by atoms with Gasteiger partial charge in [0, 0.05) is 8.95 Å². The number of rotatable bonds is 3. The summed E-state index contributed by atoms with van der Waals surface area (Å²) >= 11 is 7.05. The summed E-state index contributed by atoms with van der Waals surface area (Å²) in [6.07, 6.45) is 5.41. The van der Waals surface area contributed by atoms with E-state index in [9.17, 15) is 0 Å². The summed E-state index contributed by atoms with van der Waals surface area (Å²) in [5, 5.41) is 0. The Hall–Kier alpha value is -0.0800. The van der Waals surface area contributed by atoms with Crippen molar-refractivity contribution < 1.29 is 0 Å². The fourth-order valence-electron chi connectivity index (χ4n) is 1.44. The number of hydrogen-bond acceptors (Lipinski definition) is 0. The minimum absolute atomic E-state index is 0.589. The van der Waals surface area contributed by atoms with Gasteiger partial charge >= 0.3 is 0 Å². The first-order chi connectivity index (χ1) is 6.63. The van der Waals surface area contributed by atoms with Crippen LogP contribution in [0.4, 0.5) is 0 Å². The molecule has 0 aliphatic rings. The van der Waals surface area contributed by atoms with Crippen LogP contribution in [-0.4, -0.2) is 0 Å². The molecule has 1 aromatic rings. The highest BCUT2D eigenvalue weighted by atomic mass is 79.9. The molecule has 0 saturated carbocycles. The molecule has 0 nitrogen and oxygen atoms in total. The molecule has 1 unspecified atom stereocenters. The van der Waals surface area contributed by atoms with E-state index in [0.717, 1.165) is 10.9 Å². The fourth-order valence-corrected chi connectivity index (χ4v) is 2.26. The van der Waals surface area contributed by atoms with Gasteiger partial charge in [0.05, 0.1) is 0 Å². The van der Waals surface area contributed by atoms with E-state index in [-0.39, 0.29) is 0 Å². The maximum Gasteiger partial charge on any atom is 0.0208 e. The first kappa shape index (κ1) is 12.0. The quantitative estimate of drug-likeness (QED) is 0.691. The summed E-state index contributed by atoms with van der Waals surface area (Å²) in [6, 6.07) is 6.31. The van der Waals surface area contributed by atoms with E-state index in [0.29, 0.717) is 5.92 Å². The third kappa shape index (κ3) is 3.58. The van der Waals surface area contributed by atoms with Gasteiger partial charge in [0.2, 0.25) is 0 Å². The molecule has 76 valence electrons. The van der Waals surface area contributed by atoms with Crippen LogP contribution in [0.1, 0.15) is 19.4 Å². The van der Waals surface area contributed by atoms with Crippen LogP contribution in [0.15, 0.2) is 39.3 Å². The van der Waals surface area contributed by atoms with Gasteiger partial charge in [0.1, 0.15) is 0 Å². The molecular weight excluding hydrogens is 304 g/mol. The average Bonchev–Trinajstić information content (AvgIpc) is 2.12. The lowest BCUT2D eigenvalue weighted by atomic mass is 10.0. The number of hydrogen-bond donors (Lipinski definition) is 0. The largest absolute Gasteiger partial charge is 0.0914 e. The van der Waals surface area contributed by atoms with Crippen molar-refractivity contribution in [1.29, 1.82) is 0 Å². The molecule has 0 fully saturated rings. The topological polar surface area (TPSA) is 0 Å². The van der Waals surface area contributed by atoms with E-state index in [4.69, 9.17) is 0 Å². The van der Waals surface area contributed by atoms with Gasteiger partial charge in [-0.2, -0.15) is 0 Å². The molecule has 0 aliphatic carbocycles. The van der Waals surface area contributed by atoms with Gasteiger partial charge in [-0.3, -0.25) is 0 Å². The van der Waals surface area contributed by atoms with Gasteiger partial charge < -0.3 is 0 Å². The van der Waals surface area contributed by atoms with Crippen molar-refractivity contribution in [2.45, 2.75) is 20.3 Å². The normalized spacial score (nSPS) is 13.4. The summed E-state index contributed by atoms with van der Waals surface area (Å²) in [4.78, 5) is 0. The Morgan fingerprint density at radius 1 is 1.36 bits per heavy atom. The Balaban J connectivity index is 2.80. The zero-order chi connectivity index (χ0) is 10.6. The molecule has 0 radical (unpaired) electrons. The zero-order valence-corrected chi connectivity index (χ0v) is 11.6. The SMILES string of the molecule is C/C=C\C(C)Cc1cc(Br)ccc1Br. The van der Waals surface area contributed by atoms with Gasteiger partial charge in [-0.05, 0) is 43.0 Å². The Kier molecular flexibility index (Phi) is 4.90. The van der Waals surface area contributed by atoms with Gasteiger partial charge in [0.15, 0.2) is 0 Å². The molecule has 2 heteroatoms. The Morgan fingerprint density at radius 3 is 2.71 bits per heavy atom. The van der Waals surface area contributed by atoms with Crippen molar-refractivity contribution in [2.24, 2.45) is 5.92 Å². The number of halogens is 2. The Bertz CT molecular complexity index is 329. The third-order valence-corrected chi connectivity index (χ3v) is 3.34. The molecule has 14 heavy (non-hydrogen) atoms. The monoisotopic (exact) mass is 316 g/mol. The van der Waals surface area contributed by atoms with Crippen LogP contribution in [0.3, 0.4) is 0 Å². The molecule has 0 amide bonds. The lowest BCUT2D eigenvalue weighted by molar-refractivity contribution is 0.720. The van der Waals surface area contributed by atoms with E-state index in [1.54, 1.807) is 0 Å². The van der Waals surface area contributed by atoms with Gasteiger partial charge in [-0.15, -0.1) is 0 Å². The van der Waals surface area contributed by atoms with Crippen molar-refractivity contribution in [3.63, 3.8) is 0 Å². The molecule has 0 N–H and O–H groups in total. The first-order valence-electron chi connectivity index (χ1n) is 4.70. The summed E-state index contributed by atoms with van der Waals surface area (Å²) in [6.45, 7) is 4.29. The van der Waals surface area contributed by atoms with E-state index in [1.165, 1.54) is 10.0 Å². The lowest BCUT2D eigenvalue weighted by Crippen LogP contribution is -1.96. The molecular formula is C12H14Br2. The molecule has 0 spiro atoms. The highest BCUT2D eigenvalue weighted by Gasteiger charge is 2.04. The third-order valence-electron chi connectivity index (χ3n) is 2.07. The highest BCUT2D eigenvalue weighted by molar-refractivity contribution is 9.11. The molecule has 0 heterocycles. The molecule has 0 bridgehead atoms. The second-order valence-electron chi connectivity index (χ2n) is 3.44. The minimum atomic E-state index is 0.589. The lowest BCUT2D eigenvalue weighted by Gasteiger charge is -2.08. The van der Waals surface area contributed by atoms with E-state index >= 15 is 0 Å². The number of allylic oxidation sites excluding steroid dienone is 2. The van der Waals surface area contributed by atoms with Crippen molar-refractivity contribution in [3.8, 4) is 0 Å². The Labute approximate surface area is 103 Å². The average molecular weight is 318 g/mol. The minimum Gasteiger partial charge on any atom is -0.0914 e. The van der Waals surface area contributed by atoms with Crippen LogP contribution in [0.2, 0.25) is 0 Å². The van der Waals surface area contributed by atoms with Crippen molar-refractivity contribution in [1.82, 2.24) is 0 Å². The zero-order valence-electron chi connectivity index (χ0n) is 8.43. The molecule has 0 saturated heterocycles. The summed E-state index contributed by atoms with van der Waals surface area (Å²) < 4.78 is 2.33. The predicted molar refractivity (Wildman–Crippen MR) is 69.5 cm³/mol. The van der Waals surface area contributed by atoms with Crippen LogP contribution in [0.5, 0.6) is 0 Å². The van der Waals surface area contributed by atoms with Crippen molar-refractivity contribution in [3.05, 3.63) is 44.9 Å². The molecule has 1 aromatic carbocycles. The summed E-state index contributed by atoms with van der Waals surface area (Å²) in [7, 11) is 0. The standard InChI is InChI=1S/C12H14Br2/c1-3-4-9(2)7-10-8-11(13)5-6-12(10)14/h3-6,8-9H,7H2,1-2H3/b4-3-. The van der Waals surface area contributed by atoms with Gasteiger partial charge in [0.25, 0.3) is 0 Å². The van der Waals surface area contributed by atoms with E-state index in [1.807, 2.05) is 6.07 Å². The molecule has 1 rings (SSSR count). The number of benzene rings is 1. The maximum atomic E-state index is 3.57. The van der Waals surface area contributed by atoms with E-state index in [2.05, 4.69) is 70.0 Å². The maximum absolute atomic E-state index is 3.57. The van der Waals surface area contributed by atoms with Gasteiger partial charge in [-0.1, -0.05) is 50.9 Å². The van der Waals surface area contributed by atoms with Crippen LogP contribution in [0.25, 0.3) is 0 Å². The van der Waals surface area contributed by atoms with Crippen LogP contribution >= 0.6 is 31.9 Å². The smallest absolute Gasteiger partial charge is 0.0208 e. The predicted octanol–water partition coefficient (Wildman–Crippen LogP) is 4.97. The summed E-state index contributed by atoms with van der Waals surface area (Å²) in [5.74, 6) is 0.589. The molecule has 0 aliphatic heterocycles. The molecule has 1 atom stereocenters. The van der Waals surface area contributed by atoms with Crippen LogP contribution in [0, 0.1) is 5.92 Å². The van der Waals surface area contributed by atoms with E-state index < -0.39 is 0 Å². The van der Waals surface area contributed by atoms with Gasteiger partial charge in [-0.25, -0.2) is 0 Å². The van der Waals surface area contributed by atoms with Crippen molar-refractivity contribution in [2.75, 3.05) is 0 Å². The van der Waals surface area contributed by atoms with Crippen LogP contribution < -0.4 is 0 Å². The van der Waals surface area contributed by atoms with Crippen LogP contribution in [-0.2, 0) is 6.42 Å². The second-order valence-corrected chi connectivity index (χ2v) is 5.21. The first-order valence-corrected chi connectivity index (χ1v) is 6.29. The second kappa shape index (κ2) is 5.72.